The Kier molecular flexibility index (Phi) is 16.9. The molecule has 9 rings (SSSR count). The number of benzene rings is 3. The van der Waals surface area contributed by atoms with Crippen LogP contribution in [0.15, 0.2) is 68.4 Å². The highest BCUT2D eigenvalue weighted by Crippen LogP contribution is 2.45. The zero-order valence-electron chi connectivity index (χ0n) is 38.3. The fourth-order valence-corrected chi connectivity index (χ4v) is 13.1. The number of methoxy groups -OCH3 is 3. The van der Waals surface area contributed by atoms with E-state index in [-0.39, 0.29) is 18.5 Å². The van der Waals surface area contributed by atoms with Gasteiger partial charge in [-0.25, -0.2) is 14.4 Å². The second kappa shape index (κ2) is 22.6. The summed E-state index contributed by atoms with van der Waals surface area (Å²) in [5, 5.41) is 12.8. The van der Waals surface area contributed by atoms with Crippen LogP contribution in [0.2, 0.25) is 0 Å². The topological polar surface area (TPSA) is 142 Å². The first-order chi connectivity index (χ1) is 31.9. The lowest BCUT2D eigenvalue weighted by molar-refractivity contribution is -0.137. The summed E-state index contributed by atoms with van der Waals surface area (Å²) >= 11 is 11.1. The van der Waals surface area contributed by atoms with Gasteiger partial charge in [0, 0.05) is 28.2 Å². The van der Waals surface area contributed by atoms with Crippen LogP contribution >= 0.6 is 47.8 Å². The number of carboxylic acid groups (broad SMARTS) is 1. The van der Waals surface area contributed by atoms with Gasteiger partial charge in [0.25, 0.3) is 0 Å². The van der Waals surface area contributed by atoms with Crippen LogP contribution in [0.3, 0.4) is 0 Å². The van der Waals surface area contributed by atoms with Gasteiger partial charge in [-0.05, 0) is 164 Å². The number of carboxylic acids is 1. The van der Waals surface area contributed by atoms with E-state index in [2.05, 4.69) is 70.3 Å². The Labute approximate surface area is 411 Å². The quantitative estimate of drug-likeness (QED) is 0.108. The van der Waals surface area contributed by atoms with Gasteiger partial charge in [-0.15, -0.1) is 0 Å². The number of aliphatic carboxylic acids is 1. The highest BCUT2D eigenvalue weighted by molar-refractivity contribution is 9.11. The minimum atomic E-state index is -0.911. The number of nitrogens with zero attached hydrogens (tertiary/aromatic N) is 2. The number of ether oxygens (including phenoxy) is 3. The number of carbonyl (C=O) groups is 4. The third-order valence-electron chi connectivity index (χ3n) is 13.8. The molecule has 0 saturated heterocycles. The van der Waals surface area contributed by atoms with Gasteiger partial charge in [0.1, 0.15) is 6.54 Å². The van der Waals surface area contributed by atoms with Crippen LogP contribution in [-0.2, 0) is 32.1 Å². The maximum atomic E-state index is 11.8. The summed E-state index contributed by atoms with van der Waals surface area (Å²) in [7, 11) is 4.17. The molecule has 66 heavy (non-hydrogen) atoms. The van der Waals surface area contributed by atoms with Gasteiger partial charge in [-0.3, -0.25) is 4.79 Å². The van der Waals surface area contributed by atoms with Crippen molar-refractivity contribution in [3.63, 3.8) is 0 Å². The molecular formula is C52H60Br3N3O8. The van der Waals surface area contributed by atoms with E-state index in [0.29, 0.717) is 34.4 Å². The van der Waals surface area contributed by atoms with E-state index >= 15 is 0 Å². The highest BCUT2D eigenvalue weighted by Gasteiger charge is 2.28. The van der Waals surface area contributed by atoms with Crippen molar-refractivity contribution in [1.29, 1.82) is 0 Å². The fourth-order valence-electron chi connectivity index (χ4n) is 10.6. The SMILES string of the molecule is CCn1c(Br)c(C2CCCCC2)c2ccc(C(=O)OC)cc21.COC(=O)c1ccc2c(C3CCCCC3)c(Br)[nH]c2c1.COC(=O)c1ccc2c(C3CCCCC3)c(Br)n(CC(=O)O)c2c1. The fraction of sp³-hybridized carbons (Fsp3) is 0.462. The molecule has 6 aromatic rings. The van der Waals surface area contributed by atoms with Crippen molar-refractivity contribution in [1.82, 2.24) is 14.1 Å². The van der Waals surface area contributed by atoms with Crippen LogP contribution < -0.4 is 0 Å². The number of rotatable bonds is 9. The van der Waals surface area contributed by atoms with Gasteiger partial charge < -0.3 is 33.4 Å². The third kappa shape index (κ3) is 10.7. The summed E-state index contributed by atoms with van der Waals surface area (Å²) in [4.78, 5) is 49.9. The van der Waals surface area contributed by atoms with Crippen molar-refractivity contribution < 1.29 is 38.5 Å². The van der Waals surface area contributed by atoms with E-state index in [1.807, 2.05) is 36.4 Å². The number of halogens is 3. The van der Waals surface area contributed by atoms with Crippen molar-refractivity contribution in [2.45, 2.75) is 134 Å². The molecule has 3 saturated carbocycles. The molecule has 3 fully saturated rings. The van der Waals surface area contributed by atoms with Crippen LogP contribution in [-0.4, -0.2) is 64.4 Å². The highest BCUT2D eigenvalue weighted by atomic mass is 79.9. The molecule has 0 radical (unpaired) electrons. The summed E-state index contributed by atoms with van der Waals surface area (Å²) in [5.74, 6) is -0.229. The lowest BCUT2D eigenvalue weighted by atomic mass is 9.84. The molecule has 3 aromatic carbocycles. The normalized spacial score (nSPS) is 16.0. The van der Waals surface area contributed by atoms with E-state index in [9.17, 15) is 24.3 Å². The first-order valence-corrected chi connectivity index (χ1v) is 25.7. The number of fused-ring (bicyclic) bond motifs is 3. The molecule has 0 spiro atoms. The largest absolute Gasteiger partial charge is 0.480 e. The average Bonchev–Trinajstić information content (AvgIpc) is 3.94. The number of hydrogen-bond donors (Lipinski definition) is 2. The summed E-state index contributed by atoms with van der Waals surface area (Å²) in [6.45, 7) is 2.88. The lowest BCUT2D eigenvalue weighted by Crippen LogP contribution is -2.10. The third-order valence-corrected chi connectivity index (χ3v) is 16.1. The van der Waals surface area contributed by atoms with Crippen LogP contribution in [0.1, 0.15) is 169 Å². The molecule has 14 heteroatoms. The maximum absolute atomic E-state index is 11.8. The number of nitrogens with one attached hydrogen (secondary N) is 1. The summed E-state index contributed by atoms with van der Waals surface area (Å²) in [5.41, 5.74) is 8.48. The van der Waals surface area contributed by atoms with Crippen molar-refractivity contribution in [2.75, 3.05) is 21.3 Å². The zero-order valence-corrected chi connectivity index (χ0v) is 43.0. The number of carbonyl (C=O) groups excluding carboxylic acids is 3. The Bertz CT molecular complexity index is 2720. The number of hydrogen-bond acceptors (Lipinski definition) is 7. The van der Waals surface area contributed by atoms with Crippen molar-refractivity contribution in [2.24, 2.45) is 0 Å². The van der Waals surface area contributed by atoms with E-state index in [4.69, 9.17) is 14.2 Å². The summed E-state index contributed by atoms with van der Waals surface area (Å²) in [6.07, 6.45) is 18.9. The second-order valence-corrected chi connectivity index (χ2v) is 20.0. The van der Waals surface area contributed by atoms with Crippen LogP contribution in [0.4, 0.5) is 0 Å². The maximum Gasteiger partial charge on any atom is 0.337 e. The molecule has 3 aromatic heterocycles. The van der Waals surface area contributed by atoms with E-state index in [0.717, 1.165) is 50.5 Å². The molecule has 3 aliphatic rings. The van der Waals surface area contributed by atoms with Gasteiger partial charge in [0.05, 0.1) is 62.9 Å². The van der Waals surface area contributed by atoms with Crippen LogP contribution in [0.5, 0.6) is 0 Å². The molecule has 3 heterocycles. The minimum absolute atomic E-state index is 0.144. The first kappa shape index (κ1) is 49.5. The molecule has 0 unspecified atom stereocenters. The molecule has 0 amide bonds. The van der Waals surface area contributed by atoms with Gasteiger partial charge in [-0.2, -0.15) is 0 Å². The van der Waals surface area contributed by atoms with Crippen molar-refractivity contribution >= 4 is 104 Å². The summed E-state index contributed by atoms with van der Waals surface area (Å²) in [6, 6.07) is 17.1. The predicted octanol–water partition coefficient (Wildman–Crippen LogP) is 14.3. The Hall–Kier alpha value is -4.40. The Morgan fingerprint density at radius 1 is 0.561 bits per heavy atom. The molecule has 0 atom stereocenters. The average molecular weight is 1090 g/mol. The molecule has 0 bridgehead atoms. The summed E-state index contributed by atoms with van der Waals surface area (Å²) < 4.78 is 21.4. The van der Waals surface area contributed by atoms with Crippen molar-refractivity contribution in [3.8, 4) is 0 Å². The molecular weight excluding hydrogens is 1030 g/mol. The van der Waals surface area contributed by atoms with Crippen LogP contribution in [0.25, 0.3) is 32.7 Å². The first-order valence-electron chi connectivity index (χ1n) is 23.3. The number of esters is 3. The standard InChI is InChI=1S/C18H20BrNO4.C18H22BrNO2.C16H18BrNO2/c1-24-18(23)12-7-8-13-14(9-12)20(10-15(21)22)17(19)16(13)11-5-3-2-4-6-11;1-3-20-15-11-13(18(21)22-2)9-10-14(15)16(17(20)19)12-7-5-4-6-8-12;1-20-16(19)11-7-8-12-13(9-11)18-15(17)14(12)10-5-3-2-4-6-10/h7-9,11H,2-6,10H2,1H3,(H,21,22);9-12H,3-8H2,1-2H3;7-10,18H,2-6H2,1H3. The predicted molar refractivity (Wildman–Crippen MR) is 270 cm³/mol. The lowest BCUT2D eigenvalue weighted by Gasteiger charge is -2.22. The Morgan fingerprint density at radius 3 is 1.35 bits per heavy atom. The molecule has 11 nitrogen and oxygen atoms in total. The van der Waals surface area contributed by atoms with Crippen molar-refractivity contribution in [3.05, 3.63) is 102 Å². The number of H-pyrrole nitrogens is 1. The van der Waals surface area contributed by atoms with E-state index in [1.165, 1.54) is 137 Å². The molecule has 0 aliphatic heterocycles. The second-order valence-electron chi connectivity index (χ2n) is 17.7. The monoisotopic (exact) mass is 1090 g/mol. The van der Waals surface area contributed by atoms with Gasteiger partial charge >= 0.3 is 23.9 Å². The Morgan fingerprint density at radius 2 is 0.939 bits per heavy atom. The van der Waals surface area contributed by atoms with Crippen LogP contribution in [0, 0.1) is 0 Å². The zero-order chi connectivity index (χ0) is 47.1. The Balaban J connectivity index is 0.000000148. The molecule has 2 N–H and O–H groups in total. The smallest absolute Gasteiger partial charge is 0.337 e. The van der Waals surface area contributed by atoms with E-state index in [1.54, 1.807) is 16.7 Å². The van der Waals surface area contributed by atoms with Gasteiger partial charge in [0.15, 0.2) is 0 Å². The van der Waals surface area contributed by atoms with Gasteiger partial charge in [0.2, 0.25) is 0 Å². The van der Waals surface area contributed by atoms with E-state index < -0.39 is 11.9 Å². The number of aryl methyl sites for hydroxylation is 1. The molecule has 352 valence electrons. The number of aromatic amines is 1. The number of aromatic nitrogens is 3. The molecule has 3 aliphatic carbocycles. The van der Waals surface area contributed by atoms with Gasteiger partial charge in [-0.1, -0.05) is 76.0 Å². The minimum Gasteiger partial charge on any atom is -0.480 e.